The number of rotatable bonds is 3. The van der Waals surface area contributed by atoms with Crippen molar-refractivity contribution < 1.29 is 9.90 Å². The summed E-state index contributed by atoms with van der Waals surface area (Å²) in [5.41, 5.74) is 0.00589. The number of hydrogen-bond donors (Lipinski definition) is 1. The Morgan fingerprint density at radius 3 is 2.82 bits per heavy atom. The number of thioether (sulfide) groups is 1. The fraction of sp³-hybridized carbons (Fsp3) is 0.583. The minimum Gasteiger partial charge on any atom is -0.476 e. The van der Waals surface area contributed by atoms with Crippen molar-refractivity contribution in [3.63, 3.8) is 0 Å². The van der Waals surface area contributed by atoms with E-state index in [0.717, 1.165) is 10.9 Å². The molecule has 0 aliphatic heterocycles. The van der Waals surface area contributed by atoms with Gasteiger partial charge in [-0.05, 0) is 18.8 Å². The van der Waals surface area contributed by atoms with Gasteiger partial charge in [-0.25, -0.2) is 14.8 Å². The summed E-state index contributed by atoms with van der Waals surface area (Å²) in [5.74, 6) is -0.243. The maximum absolute atomic E-state index is 10.6. The summed E-state index contributed by atoms with van der Waals surface area (Å²) in [5, 5.41) is 10.2. The highest BCUT2D eigenvalue weighted by Crippen LogP contribution is 2.34. The van der Waals surface area contributed by atoms with E-state index >= 15 is 0 Å². The lowest BCUT2D eigenvalue weighted by Crippen LogP contribution is -2.15. The van der Waals surface area contributed by atoms with E-state index in [-0.39, 0.29) is 5.69 Å². The van der Waals surface area contributed by atoms with E-state index in [0.29, 0.717) is 5.25 Å². The molecule has 1 aromatic heterocycles. The second-order valence-electron chi connectivity index (χ2n) is 4.56. The first-order valence-corrected chi connectivity index (χ1v) is 6.75. The van der Waals surface area contributed by atoms with Crippen molar-refractivity contribution in [2.75, 3.05) is 0 Å². The first-order valence-electron chi connectivity index (χ1n) is 5.87. The Labute approximate surface area is 105 Å². The molecule has 0 radical (unpaired) electrons. The number of aromatic nitrogens is 2. The first kappa shape index (κ1) is 12.4. The van der Waals surface area contributed by atoms with Gasteiger partial charge >= 0.3 is 5.97 Å². The van der Waals surface area contributed by atoms with Gasteiger partial charge in [-0.15, -0.1) is 11.8 Å². The van der Waals surface area contributed by atoms with E-state index in [1.807, 2.05) is 0 Å². The molecule has 17 heavy (non-hydrogen) atoms. The Morgan fingerprint density at radius 1 is 1.41 bits per heavy atom. The highest BCUT2D eigenvalue weighted by Gasteiger charge is 2.20. The van der Waals surface area contributed by atoms with Crippen molar-refractivity contribution in [3.05, 3.63) is 18.1 Å². The van der Waals surface area contributed by atoms with Gasteiger partial charge < -0.3 is 5.11 Å². The predicted molar refractivity (Wildman–Crippen MR) is 66.3 cm³/mol. The summed E-state index contributed by atoms with van der Waals surface area (Å²) in [6.45, 7) is 2.28. The summed E-state index contributed by atoms with van der Waals surface area (Å²) < 4.78 is 0. The standard InChI is InChI=1S/C12H16N2O2S/c1-8-3-2-4-9(5-8)17-11-7-13-10(6-14-11)12(15)16/h6-9H,2-5H2,1H3,(H,15,16). The van der Waals surface area contributed by atoms with E-state index in [1.165, 1.54) is 31.9 Å². The average molecular weight is 252 g/mol. The third-order valence-corrected chi connectivity index (χ3v) is 4.24. The van der Waals surface area contributed by atoms with Crippen LogP contribution in [0.15, 0.2) is 17.4 Å². The highest BCUT2D eigenvalue weighted by molar-refractivity contribution is 7.99. The Bertz CT molecular complexity index is 394. The minimum absolute atomic E-state index is 0.00589. The molecule has 1 aliphatic rings. The van der Waals surface area contributed by atoms with Crippen LogP contribution in [0.4, 0.5) is 0 Å². The van der Waals surface area contributed by atoms with Crippen molar-refractivity contribution in [1.29, 1.82) is 0 Å². The van der Waals surface area contributed by atoms with Crippen LogP contribution in [0.5, 0.6) is 0 Å². The molecule has 1 heterocycles. The molecule has 1 aromatic rings. The first-order chi connectivity index (χ1) is 8.15. The van der Waals surface area contributed by atoms with Gasteiger partial charge in [0, 0.05) is 5.25 Å². The molecule has 0 bridgehead atoms. The summed E-state index contributed by atoms with van der Waals surface area (Å²) in [6.07, 6.45) is 7.93. The maximum atomic E-state index is 10.6. The smallest absolute Gasteiger partial charge is 0.356 e. The van der Waals surface area contributed by atoms with Crippen LogP contribution in [0.1, 0.15) is 43.1 Å². The zero-order valence-corrected chi connectivity index (χ0v) is 10.6. The van der Waals surface area contributed by atoms with Crippen molar-refractivity contribution in [2.24, 2.45) is 5.92 Å². The van der Waals surface area contributed by atoms with E-state index in [2.05, 4.69) is 16.9 Å². The van der Waals surface area contributed by atoms with Gasteiger partial charge in [0.1, 0.15) is 5.03 Å². The Hall–Kier alpha value is -1.10. The Balaban J connectivity index is 1.96. The molecule has 2 rings (SSSR count). The van der Waals surface area contributed by atoms with E-state index < -0.39 is 5.97 Å². The molecular formula is C12H16N2O2S. The molecule has 5 heteroatoms. The summed E-state index contributed by atoms with van der Waals surface area (Å²) in [4.78, 5) is 18.7. The van der Waals surface area contributed by atoms with Crippen LogP contribution in [0.25, 0.3) is 0 Å². The van der Waals surface area contributed by atoms with E-state index in [1.54, 1.807) is 18.0 Å². The number of aromatic carboxylic acids is 1. The van der Waals surface area contributed by atoms with Gasteiger partial charge in [0.15, 0.2) is 5.69 Å². The number of hydrogen-bond acceptors (Lipinski definition) is 4. The molecule has 2 atom stereocenters. The molecular weight excluding hydrogens is 236 g/mol. The van der Waals surface area contributed by atoms with Crippen molar-refractivity contribution >= 4 is 17.7 Å². The Morgan fingerprint density at radius 2 is 2.24 bits per heavy atom. The van der Waals surface area contributed by atoms with Crippen LogP contribution in [-0.2, 0) is 0 Å². The molecule has 92 valence electrons. The molecule has 1 N–H and O–H groups in total. The second-order valence-corrected chi connectivity index (χ2v) is 5.88. The maximum Gasteiger partial charge on any atom is 0.356 e. The molecule has 0 saturated heterocycles. The van der Waals surface area contributed by atoms with Crippen LogP contribution < -0.4 is 0 Å². The van der Waals surface area contributed by atoms with Crippen LogP contribution >= 0.6 is 11.8 Å². The SMILES string of the molecule is CC1CCCC(Sc2cnc(C(=O)O)cn2)C1. The number of carbonyl (C=O) groups is 1. The molecule has 1 aliphatic carbocycles. The molecule has 1 saturated carbocycles. The summed E-state index contributed by atoms with van der Waals surface area (Å²) in [7, 11) is 0. The number of carboxylic acid groups (broad SMARTS) is 1. The van der Waals surface area contributed by atoms with Gasteiger partial charge in [0.2, 0.25) is 0 Å². The fourth-order valence-corrected chi connectivity index (χ4v) is 3.42. The fourth-order valence-electron chi connectivity index (χ4n) is 2.14. The van der Waals surface area contributed by atoms with Crippen molar-refractivity contribution in [2.45, 2.75) is 42.9 Å². The highest BCUT2D eigenvalue weighted by atomic mass is 32.2. The third-order valence-electron chi connectivity index (χ3n) is 3.02. The molecule has 0 amide bonds. The minimum atomic E-state index is -1.03. The lowest BCUT2D eigenvalue weighted by molar-refractivity contribution is 0.0689. The normalized spacial score (nSPS) is 24.5. The van der Waals surface area contributed by atoms with Crippen LogP contribution in [0.2, 0.25) is 0 Å². The number of nitrogens with zero attached hydrogens (tertiary/aromatic N) is 2. The van der Waals surface area contributed by atoms with Gasteiger partial charge in [-0.3, -0.25) is 0 Å². The average Bonchev–Trinajstić information content (AvgIpc) is 2.29. The lowest BCUT2D eigenvalue weighted by Gasteiger charge is -2.25. The van der Waals surface area contributed by atoms with Crippen molar-refractivity contribution in [1.82, 2.24) is 9.97 Å². The third kappa shape index (κ3) is 3.43. The van der Waals surface area contributed by atoms with Crippen molar-refractivity contribution in [3.8, 4) is 0 Å². The molecule has 2 unspecified atom stereocenters. The van der Waals surface area contributed by atoms with E-state index in [4.69, 9.17) is 5.11 Å². The molecule has 0 spiro atoms. The molecule has 1 fully saturated rings. The Kier molecular flexibility index (Phi) is 3.99. The quantitative estimate of drug-likeness (QED) is 0.896. The summed E-state index contributed by atoms with van der Waals surface area (Å²) >= 11 is 1.72. The predicted octanol–water partition coefficient (Wildman–Crippen LogP) is 2.85. The topological polar surface area (TPSA) is 63.1 Å². The van der Waals surface area contributed by atoms with Gasteiger partial charge in [0.25, 0.3) is 0 Å². The molecule has 0 aromatic carbocycles. The van der Waals surface area contributed by atoms with Crippen LogP contribution in [0, 0.1) is 5.92 Å². The molecule has 4 nitrogen and oxygen atoms in total. The monoisotopic (exact) mass is 252 g/mol. The second kappa shape index (κ2) is 5.49. The van der Waals surface area contributed by atoms with Crippen LogP contribution in [0.3, 0.4) is 0 Å². The van der Waals surface area contributed by atoms with E-state index in [9.17, 15) is 4.79 Å². The lowest BCUT2D eigenvalue weighted by atomic mass is 9.91. The largest absolute Gasteiger partial charge is 0.476 e. The van der Waals surface area contributed by atoms with Gasteiger partial charge in [-0.1, -0.05) is 19.8 Å². The summed E-state index contributed by atoms with van der Waals surface area (Å²) in [6, 6.07) is 0. The van der Waals surface area contributed by atoms with Gasteiger partial charge in [0.05, 0.1) is 12.4 Å². The zero-order chi connectivity index (χ0) is 12.3. The van der Waals surface area contributed by atoms with Crippen LogP contribution in [-0.4, -0.2) is 26.3 Å². The number of carboxylic acids is 1. The van der Waals surface area contributed by atoms with Gasteiger partial charge in [-0.2, -0.15) is 0 Å². The zero-order valence-electron chi connectivity index (χ0n) is 9.80.